The van der Waals surface area contributed by atoms with Crippen LogP contribution in [0.1, 0.15) is 47.2 Å². The third kappa shape index (κ3) is 4.26. The van der Waals surface area contributed by atoms with Crippen molar-refractivity contribution in [2.75, 3.05) is 11.6 Å². The van der Waals surface area contributed by atoms with Crippen molar-refractivity contribution in [1.29, 1.82) is 0 Å². The Morgan fingerprint density at radius 2 is 1.69 bits per heavy atom. The molecule has 1 aliphatic heterocycles. The predicted molar refractivity (Wildman–Crippen MR) is 109 cm³/mol. The highest BCUT2D eigenvalue weighted by molar-refractivity contribution is 6.38. The van der Waals surface area contributed by atoms with Crippen LogP contribution in [-0.4, -0.2) is 30.0 Å². The molecule has 29 heavy (non-hydrogen) atoms. The van der Waals surface area contributed by atoms with Crippen LogP contribution in [0.5, 0.6) is 0 Å². The van der Waals surface area contributed by atoms with Crippen LogP contribution in [0.25, 0.3) is 0 Å². The Morgan fingerprint density at radius 1 is 0.931 bits per heavy atom. The molecule has 1 aliphatic carbocycles. The molecule has 6 nitrogen and oxygen atoms in total. The Kier molecular flexibility index (Phi) is 5.51. The van der Waals surface area contributed by atoms with Crippen LogP contribution in [0.4, 0.5) is 5.69 Å². The SMILES string of the molecule is O=C(OCC(=O)c1ccc2c(c1)CCCC2)C1=NN(c2ccccc2)C(=O)CC1. The smallest absolute Gasteiger partial charge is 0.354 e. The zero-order valence-electron chi connectivity index (χ0n) is 16.1. The van der Waals surface area contributed by atoms with Gasteiger partial charge in [-0.15, -0.1) is 0 Å². The number of ketones is 1. The number of amides is 1. The van der Waals surface area contributed by atoms with Gasteiger partial charge in [0.25, 0.3) is 0 Å². The fourth-order valence-corrected chi connectivity index (χ4v) is 3.68. The summed E-state index contributed by atoms with van der Waals surface area (Å²) >= 11 is 0. The van der Waals surface area contributed by atoms with E-state index in [4.69, 9.17) is 4.74 Å². The van der Waals surface area contributed by atoms with E-state index in [-0.39, 0.29) is 36.9 Å². The van der Waals surface area contributed by atoms with E-state index in [1.54, 1.807) is 30.3 Å². The van der Waals surface area contributed by atoms with Crippen LogP contribution in [0.3, 0.4) is 0 Å². The average Bonchev–Trinajstić information content (AvgIpc) is 2.77. The van der Waals surface area contributed by atoms with Crippen LogP contribution in [0.15, 0.2) is 53.6 Å². The van der Waals surface area contributed by atoms with E-state index >= 15 is 0 Å². The summed E-state index contributed by atoms with van der Waals surface area (Å²) in [6.45, 7) is -0.337. The Bertz CT molecular complexity index is 982. The number of nitrogens with zero attached hydrogens (tertiary/aromatic N) is 2. The zero-order valence-corrected chi connectivity index (χ0v) is 16.1. The van der Waals surface area contributed by atoms with E-state index < -0.39 is 5.97 Å². The minimum absolute atomic E-state index is 0.145. The highest BCUT2D eigenvalue weighted by atomic mass is 16.5. The summed E-state index contributed by atoms with van der Waals surface area (Å²) < 4.78 is 5.20. The standard InChI is InChI=1S/C23H22N2O4/c26-21(18-11-10-16-6-4-5-7-17(16)14-18)15-29-23(28)20-12-13-22(27)25(24-20)19-8-2-1-3-9-19/h1-3,8-11,14H,4-7,12-13,15H2. The summed E-state index contributed by atoms with van der Waals surface area (Å²) in [5.41, 5.74) is 3.80. The van der Waals surface area contributed by atoms with Gasteiger partial charge in [0.2, 0.25) is 5.91 Å². The molecule has 4 rings (SSSR count). The summed E-state index contributed by atoms with van der Waals surface area (Å²) in [5, 5.41) is 5.37. The number of carbonyl (C=O) groups is 3. The number of hydrogen-bond donors (Lipinski definition) is 0. The maximum absolute atomic E-state index is 12.5. The molecule has 0 spiro atoms. The maximum Gasteiger partial charge on any atom is 0.354 e. The number of aryl methyl sites for hydroxylation is 2. The van der Waals surface area contributed by atoms with Gasteiger partial charge >= 0.3 is 5.97 Å². The molecule has 0 fully saturated rings. The molecule has 0 aromatic heterocycles. The van der Waals surface area contributed by atoms with Crippen LogP contribution < -0.4 is 5.01 Å². The van der Waals surface area contributed by atoms with Gasteiger partial charge in [-0.1, -0.05) is 30.3 Å². The summed E-state index contributed by atoms with van der Waals surface area (Å²) in [5.74, 6) is -1.08. The van der Waals surface area contributed by atoms with Crippen LogP contribution in [0, 0.1) is 0 Å². The van der Waals surface area contributed by atoms with Crippen molar-refractivity contribution in [2.45, 2.75) is 38.5 Å². The van der Waals surface area contributed by atoms with Crippen molar-refractivity contribution in [3.8, 4) is 0 Å². The third-order valence-electron chi connectivity index (χ3n) is 5.27. The van der Waals surface area contributed by atoms with Gasteiger partial charge < -0.3 is 4.74 Å². The normalized spacial score (nSPS) is 16.1. The highest BCUT2D eigenvalue weighted by Gasteiger charge is 2.27. The van der Waals surface area contributed by atoms with E-state index in [2.05, 4.69) is 5.10 Å². The van der Waals surface area contributed by atoms with Crippen molar-refractivity contribution in [2.24, 2.45) is 5.10 Å². The number of esters is 1. The summed E-state index contributed by atoms with van der Waals surface area (Å²) in [6.07, 6.45) is 4.72. The lowest BCUT2D eigenvalue weighted by molar-refractivity contribution is -0.134. The molecule has 2 aromatic rings. The molecule has 148 valence electrons. The van der Waals surface area contributed by atoms with Crippen LogP contribution in [0.2, 0.25) is 0 Å². The van der Waals surface area contributed by atoms with Crippen molar-refractivity contribution in [1.82, 2.24) is 0 Å². The lowest BCUT2D eigenvalue weighted by Crippen LogP contribution is -2.35. The molecule has 0 saturated heterocycles. The second kappa shape index (κ2) is 8.39. The number of fused-ring (bicyclic) bond motifs is 1. The Hall–Kier alpha value is -3.28. The van der Waals surface area contributed by atoms with Crippen LogP contribution >= 0.6 is 0 Å². The quantitative estimate of drug-likeness (QED) is 0.579. The zero-order chi connectivity index (χ0) is 20.2. The highest BCUT2D eigenvalue weighted by Crippen LogP contribution is 2.23. The largest absolute Gasteiger partial charge is 0.453 e. The summed E-state index contributed by atoms with van der Waals surface area (Å²) in [6, 6.07) is 14.6. The molecule has 1 amide bonds. The number of Topliss-reactive ketones (excluding diaryl/α,β-unsaturated/α-hetero) is 1. The molecule has 0 atom stereocenters. The summed E-state index contributed by atoms with van der Waals surface area (Å²) in [7, 11) is 0. The summed E-state index contributed by atoms with van der Waals surface area (Å²) in [4.78, 5) is 37.0. The van der Waals surface area contributed by atoms with Gasteiger partial charge in [0.15, 0.2) is 12.4 Å². The van der Waals surface area contributed by atoms with Gasteiger partial charge in [-0.2, -0.15) is 5.10 Å². The van der Waals surface area contributed by atoms with E-state index in [1.807, 2.05) is 18.2 Å². The van der Waals surface area contributed by atoms with Gasteiger partial charge in [0.1, 0.15) is 5.71 Å². The van der Waals surface area contributed by atoms with E-state index in [0.717, 1.165) is 19.3 Å². The number of benzene rings is 2. The Morgan fingerprint density at radius 3 is 2.48 bits per heavy atom. The Balaban J connectivity index is 1.41. The molecule has 0 bridgehead atoms. The number of rotatable bonds is 5. The van der Waals surface area contributed by atoms with Gasteiger partial charge in [0.05, 0.1) is 5.69 Å². The van der Waals surface area contributed by atoms with Gasteiger partial charge in [-0.3, -0.25) is 9.59 Å². The fraction of sp³-hybridized carbons (Fsp3) is 0.304. The van der Waals surface area contributed by atoms with E-state index in [1.165, 1.54) is 22.6 Å². The fourth-order valence-electron chi connectivity index (χ4n) is 3.68. The minimum atomic E-state index is -0.662. The number of ether oxygens (including phenoxy) is 1. The van der Waals surface area contributed by atoms with E-state index in [0.29, 0.717) is 11.3 Å². The lowest BCUT2D eigenvalue weighted by atomic mass is 9.90. The second-order valence-corrected chi connectivity index (χ2v) is 7.28. The molecule has 2 aromatic carbocycles. The van der Waals surface area contributed by atoms with Crippen LogP contribution in [-0.2, 0) is 27.2 Å². The first kappa shape index (κ1) is 19.1. The van der Waals surface area contributed by atoms with Crippen molar-refractivity contribution >= 4 is 29.1 Å². The van der Waals surface area contributed by atoms with Gasteiger partial charge in [-0.05, 0) is 55.0 Å². The first-order valence-electron chi connectivity index (χ1n) is 9.89. The third-order valence-corrected chi connectivity index (χ3v) is 5.27. The number of para-hydroxylation sites is 1. The van der Waals surface area contributed by atoms with Crippen molar-refractivity contribution < 1.29 is 19.1 Å². The maximum atomic E-state index is 12.5. The second-order valence-electron chi connectivity index (χ2n) is 7.28. The lowest BCUT2D eigenvalue weighted by Gasteiger charge is -2.22. The van der Waals surface area contributed by atoms with E-state index in [9.17, 15) is 14.4 Å². The number of hydrogen-bond acceptors (Lipinski definition) is 5. The molecule has 1 heterocycles. The van der Waals surface area contributed by atoms with Gasteiger partial charge in [-0.25, -0.2) is 9.80 Å². The van der Waals surface area contributed by atoms with Crippen molar-refractivity contribution in [3.63, 3.8) is 0 Å². The molecule has 6 heteroatoms. The molecular weight excluding hydrogens is 368 g/mol. The Labute approximate surface area is 169 Å². The van der Waals surface area contributed by atoms with Crippen molar-refractivity contribution in [3.05, 3.63) is 65.2 Å². The first-order valence-corrected chi connectivity index (χ1v) is 9.89. The molecular formula is C23H22N2O4. The predicted octanol–water partition coefficient (Wildman–Crippen LogP) is 3.47. The number of anilines is 1. The minimum Gasteiger partial charge on any atom is -0.453 e. The first-order chi connectivity index (χ1) is 14.1. The number of carbonyl (C=O) groups excluding carboxylic acids is 3. The molecule has 0 unspecified atom stereocenters. The molecule has 0 radical (unpaired) electrons. The molecule has 2 aliphatic rings. The molecule has 0 N–H and O–H groups in total. The number of hydrazone groups is 1. The molecule has 0 saturated carbocycles. The topological polar surface area (TPSA) is 76.0 Å². The van der Waals surface area contributed by atoms with Gasteiger partial charge in [0, 0.05) is 18.4 Å². The average molecular weight is 390 g/mol. The monoisotopic (exact) mass is 390 g/mol.